The molecule has 1 N–H and O–H groups in total. The quantitative estimate of drug-likeness (QED) is 0.543. The highest BCUT2D eigenvalue weighted by Crippen LogP contribution is 2.30. The molecule has 3 aromatic rings. The molecule has 26 heavy (non-hydrogen) atoms. The van der Waals surface area contributed by atoms with Gasteiger partial charge in [-0.25, -0.2) is 18.6 Å². The van der Waals surface area contributed by atoms with Crippen LogP contribution in [0.3, 0.4) is 0 Å². The summed E-state index contributed by atoms with van der Waals surface area (Å²) in [6.07, 6.45) is 3.11. The molecular formula is C20H18F2N2O2. The first-order chi connectivity index (χ1) is 12.4. The normalized spacial score (nSPS) is 12.0. The molecule has 4 nitrogen and oxygen atoms in total. The Morgan fingerprint density at radius 1 is 1.23 bits per heavy atom. The Bertz CT molecular complexity index is 1000. The van der Waals surface area contributed by atoms with Crippen LogP contribution in [0.5, 0.6) is 0 Å². The van der Waals surface area contributed by atoms with Crippen LogP contribution >= 0.6 is 0 Å². The van der Waals surface area contributed by atoms with Crippen LogP contribution in [0.2, 0.25) is 0 Å². The Balaban J connectivity index is 2.09. The summed E-state index contributed by atoms with van der Waals surface area (Å²) in [5.41, 5.74) is 2.88. The van der Waals surface area contributed by atoms with Gasteiger partial charge in [0.25, 0.3) is 0 Å². The number of hydrogen-bond donors (Lipinski definition) is 1. The Labute approximate surface area is 149 Å². The maximum Gasteiger partial charge on any atom is 0.340 e. The highest BCUT2D eigenvalue weighted by molar-refractivity contribution is 5.89. The van der Waals surface area contributed by atoms with Gasteiger partial charge >= 0.3 is 5.97 Å². The molecular weight excluding hydrogens is 338 g/mol. The van der Waals surface area contributed by atoms with Gasteiger partial charge in [0.2, 0.25) is 0 Å². The second-order valence-electron chi connectivity index (χ2n) is 6.27. The first kappa shape index (κ1) is 17.8. The minimum Gasteiger partial charge on any atom is -0.465 e. The van der Waals surface area contributed by atoms with E-state index in [0.29, 0.717) is 16.6 Å². The SMILES string of the molecule is COC(=O)c1ccc(C(C=C(C)C)c2cc3cc(F)cnc3[nH]2)cc1F. The zero-order valence-corrected chi connectivity index (χ0v) is 14.6. The number of allylic oxidation sites excluding steroid dienone is 2. The van der Waals surface area contributed by atoms with Gasteiger partial charge in [-0.3, -0.25) is 0 Å². The zero-order valence-electron chi connectivity index (χ0n) is 14.6. The Morgan fingerprint density at radius 2 is 2.00 bits per heavy atom. The third-order valence-electron chi connectivity index (χ3n) is 4.05. The Kier molecular flexibility index (Phi) is 4.84. The van der Waals surface area contributed by atoms with Gasteiger partial charge < -0.3 is 9.72 Å². The van der Waals surface area contributed by atoms with E-state index in [0.717, 1.165) is 17.5 Å². The van der Waals surface area contributed by atoms with Crippen LogP contribution in [0, 0.1) is 11.6 Å². The topological polar surface area (TPSA) is 55.0 Å². The molecule has 1 unspecified atom stereocenters. The standard InChI is InChI=1S/C20H18F2N2O2/c1-11(2)6-16(12-4-5-15(17(22)8-12)20(25)26-3)18-9-13-7-14(21)10-23-19(13)24-18/h4-10,16H,1-3H3,(H,23,24). The fourth-order valence-corrected chi connectivity index (χ4v) is 2.88. The van der Waals surface area contributed by atoms with Crippen molar-refractivity contribution in [3.8, 4) is 0 Å². The molecule has 0 aliphatic rings. The van der Waals surface area contributed by atoms with Crippen molar-refractivity contribution >= 4 is 17.0 Å². The molecule has 6 heteroatoms. The number of carbonyl (C=O) groups is 1. The van der Waals surface area contributed by atoms with Crippen molar-refractivity contribution in [3.63, 3.8) is 0 Å². The van der Waals surface area contributed by atoms with Crippen molar-refractivity contribution in [3.05, 3.63) is 76.6 Å². The van der Waals surface area contributed by atoms with E-state index >= 15 is 0 Å². The van der Waals surface area contributed by atoms with E-state index in [1.54, 1.807) is 12.1 Å². The van der Waals surface area contributed by atoms with Crippen molar-refractivity contribution in [2.24, 2.45) is 0 Å². The van der Waals surface area contributed by atoms with Crippen LogP contribution in [0.4, 0.5) is 8.78 Å². The minimum atomic E-state index is -0.724. The second-order valence-corrected chi connectivity index (χ2v) is 6.27. The van der Waals surface area contributed by atoms with E-state index in [9.17, 15) is 13.6 Å². The highest BCUT2D eigenvalue weighted by atomic mass is 19.1. The highest BCUT2D eigenvalue weighted by Gasteiger charge is 2.19. The molecule has 1 aromatic carbocycles. The van der Waals surface area contributed by atoms with E-state index in [4.69, 9.17) is 0 Å². The number of ether oxygens (including phenoxy) is 1. The van der Waals surface area contributed by atoms with Gasteiger partial charge in [0.05, 0.1) is 18.9 Å². The molecule has 0 aliphatic heterocycles. The third kappa shape index (κ3) is 3.49. The van der Waals surface area contributed by atoms with E-state index in [1.165, 1.54) is 25.3 Å². The molecule has 0 saturated carbocycles. The molecule has 0 fully saturated rings. The molecule has 2 aromatic heterocycles. The molecule has 0 radical (unpaired) electrons. The number of fused-ring (bicyclic) bond motifs is 1. The lowest BCUT2D eigenvalue weighted by Gasteiger charge is -2.14. The number of benzene rings is 1. The van der Waals surface area contributed by atoms with E-state index in [2.05, 4.69) is 14.7 Å². The number of aromatic nitrogens is 2. The van der Waals surface area contributed by atoms with Crippen LogP contribution in [0.15, 0.2) is 48.2 Å². The lowest BCUT2D eigenvalue weighted by molar-refractivity contribution is 0.0595. The first-order valence-electron chi connectivity index (χ1n) is 8.06. The summed E-state index contributed by atoms with van der Waals surface area (Å²) in [5.74, 6) is -2.09. The Hall–Kier alpha value is -3.02. The predicted octanol–water partition coefficient (Wildman–Crippen LogP) is 4.73. The van der Waals surface area contributed by atoms with Crippen molar-refractivity contribution < 1.29 is 18.3 Å². The molecule has 0 aliphatic carbocycles. The summed E-state index contributed by atoms with van der Waals surface area (Å²) in [6.45, 7) is 3.87. The van der Waals surface area contributed by atoms with Gasteiger partial charge in [-0.15, -0.1) is 0 Å². The number of rotatable bonds is 4. The first-order valence-corrected chi connectivity index (χ1v) is 8.06. The molecule has 0 saturated heterocycles. The number of carbonyl (C=O) groups excluding carboxylic acids is 1. The van der Waals surface area contributed by atoms with E-state index in [-0.39, 0.29) is 11.5 Å². The predicted molar refractivity (Wildman–Crippen MR) is 95.1 cm³/mol. The number of methoxy groups -OCH3 is 1. The van der Waals surface area contributed by atoms with Gasteiger partial charge in [0, 0.05) is 17.0 Å². The van der Waals surface area contributed by atoms with Gasteiger partial charge in [-0.05, 0) is 43.7 Å². The minimum absolute atomic E-state index is 0.118. The summed E-state index contributed by atoms with van der Waals surface area (Å²) in [7, 11) is 1.21. The number of halogens is 2. The maximum absolute atomic E-state index is 14.4. The summed E-state index contributed by atoms with van der Waals surface area (Å²) in [4.78, 5) is 18.8. The van der Waals surface area contributed by atoms with Crippen LogP contribution in [0.25, 0.3) is 11.0 Å². The molecule has 1 atom stereocenters. The maximum atomic E-state index is 14.4. The van der Waals surface area contributed by atoms with Crippen molar-refractivity contribution in [1.82, 2.24) is 9.97 Å². The Morgan fingerprint density at radius 3 is 2.65 bits per heavy atom. The number of nitrogens with zero attached hydrogens (tertiary/aromatic N) is 1. The third-order valence-corrected chi connectivity index (χ3v) is 4.05. The average molecular weight is 356 g/mol. The number of nitrogens with one attached hydrogen (secondary N) is 1. The fourth-order valence-electron chi connectivity index (χ4n) is 2.88. The number of aromatic amines is 1. The lowest BCUT2D eigenvalue weighted by atomic mass is 9.92. The van der Waals surface area contributed by atoms with Crippen molar-refractivity contribution in [1.29, 1.82) is 0 Å². The fraction of sp³-hybridized carbons (Fsp3) is 0.200. The van der Waals surface area contributed by atoms with Crippen LogP contribution in [-0.2, 0) is 4.74 Å². The van der Waals surface area contributed by atoms with E-state index < -0.39 is 17.6 Å². The summed E-state index contributed by atoms with van der Waals surface area (Å²) < 4.78 is 32.3. The largest absolute Gasteiger partial charge is 0.465 e. The second kappa shape index (κ2) is 7.07. The van der Waals surface area contributed by atoms with Crippen LogP contribution in [-0.4, -0.2) is 23.0 Å². The molecule has 134 valence electrons. The van der Waals surface area contributed by atoms with Gasteiger partial charge in [-0.2, -0.15) is 0 Å². The summed E-state index contributed by atoms with van der Waals surface area (Å²) in [6, 6.07) is 7.59. The van der Waals surface area contributed by atoms with Crippen LogP contribution < -0.4 is 0 Å². The monoisotopic (exact) mass is 356 g/mol. The van der Waals surface area contributed by atoms with Gasteiger partial charge in [0.15, 0.2) is 0 Å². The molecule has 0 bridgehead atoms. The van der Waals surface area contributed by atoms with Gasteiger partial charge in [-0.1, -0.05) is 17.7 Å². The lowest BCUT2D eigenvalue weighted by Crippen LogP contribution is -2.06. The number of hydrogen-bond acceptors (Lipinski definition) is 3. The van der Waals surface area contributed by atoms with Crippen molar-refractivity contribution in [2.75, 3.05) is 7.11 Å². The average Bonchev–Trinajstić information content (AvgIpc) is 3.01. The summed E-state index contributed by atoms with van der Waals surface area (Å²) >= 11 is 0. The van der Waals surface area contributed by atoms with Gasteiger partial charge in [0.1, 0.15) is 17.3 Å². The molecule has 2 heterocycles. The van der Waals surface area contributed by atoms with Crippen molar-refractivity contribution in [2.45, 2.75) is 19.8 Å². The van der Waals surface area contributed by atoms with E-state index in [1.807, 2.05) is 19.9 Å². The number of esters is 1. The molecule has 3 rings (SSSR count). The number of H-pyrrole nitrogens is 1. The number of pyridine rings is 1. The molecule has 0 amide bonds. The zero-order chi connectivity index (χ0) is 18.8. The smallest absolute Gasteiger partial charge is 0.340 e. The molecule has 0 spiro atoms. The van der Waals surface area contributed by atoms with Crippen LogP contribution in [0.1, 0.15) is 41.4 Å². The summed E-state index contributed by atoms with van der Waals surface area (Å²) in [5, 5.41) is 0.638.